The van der Waals surface area contributed by atoms with Crippen LogP contribution >= 0.6 is 0 Å². The van der Waals surface area contributed by atoms with Gasteiger partial charge in [0.2, 0.25) is 0 Å². The van der Waals surface area contributed by atoms with E-state index in [1.807, 2.05) is 22.9 Å². The van der Waals surface area contributed by atoms with E-state index in [0.717, 1.165) is 35.5 Å². The van der Waals surface area contributed by atoms with E-state index in [1.54, 1.807) is 0 Å². The van der Waals surface area contributed by atoms with E-state index < -0.39 is 0 Å². The summed E-state index contributed by atoms with van der Waals surface area (Å²) in [6.07, 6.45) is 2.37. The summed E-state index contributed by atoms with van der Waals surface area (Å²) >= 11 is 0. The Hall–Kier alpha value is -1.90. The third-order valence-electron chi connectivity index (χ3n) is 4.22. The minimum atomic E-state index is 0.00570. The van der Waals surface area contributed by atoms with Crippen molar-refractivity contribution in [3.8, 4) is 5.69 Å². The molecular formula is C19H24N2O. The van der Waals surface area contributed by atoms with Crippen molar-refractivity contribution in [1.29, 1.82) is 0 Å². The van der Waals surface area contributed by atoms with Crippen molar-refractivity contribution in [1.82, 2.24) is 9.78 Å². The molecule has 0 amide bonds. The van der Waals surface area contributed by atoms with E-state index >= 15 is 0 Å². The zero-order chi connectivity index (χ0) is 15.9. The van der Waals surface area contributed by atoms with E-state index in [9.17, 15) is 4.79 Å². The molecule has 3 rings (SSSR count). The lowest BCUT2D eigenvalue weighted by molar-refractivity contribution is 0.0910. The normalized spacial score (nSPS) is 16.9. The fourth-order valence-corrected chi connectivity index (χ4v) is 3.34. The van der Waals surface area contributed by atoms with Crippen LogP contribution in [0.1, 0.15) is 55.9 Å². The summed E-state index contributed by atoms with van der Waals surface area (Å²) in [7, 11) is 0. The molecule has 3 heteroatoms. The molecular weight excluding hydrogens is 272 g/mol. The van der Waals surface area contributed by atoms with Crippen LogP contribution in [0.3, 0.4) is 0 Å². The number of carbonyl (C=O) groups is 1. The molecule has 0 saturated carbocycles. The first kappa shape index (κ1) is 15.0. The van der Waals surface area contributed by atoms with Crippen molar-refractivity contribution < 1.29 is 4.79 Å². The lowest BCUT2D eigenvalue weighted by Crippen LogP contribution is -2.28. The number of hydrogen-bond donors (Lipinski definition) is 0. The summed E-state index contributed by atoms with van der Waals surface area (Å²) in [6, 6.07) is 10.1. The predicted molar refractivity (Wildman–Crippen MR) is 88.5 cm³/mol. The second kappa shape index (κ2) is 5.38. The van der Waals surface area contributed by atoms with Gasteiger partial charge in [-0.15, -0.1) is 0 Å². The third kappa shape index (κ3) is 2.72. The number of ketones is 1. The molecule has 0 unspecified atom stereocenters. The summed E-state index contributed by atoms with van der Waals surface area (Å²) in [4.78, 5) is 12.7. The number of benzene rings is 1. The number of hydrogen-bond acceptors (Lipinski definition) is 2. The van der Waals surface area contributed by atoms with Crippen molar-refractivity contribution in [2.24, 2.45) is 11.3 Å². The average Bonchev–Trinajstić information content (AvgIpc) is 2.76. The number of rotatable bonds is 3. The van der Waals surface area contributed by atoms with Gasteiger partial charge in [0.25, 0.3) is 0 Å². The Morgan fingerprint density at radius 3 is 2.50 bits per heavy atom. The Kier molecular flexibility index (Phi) is 3.67. The monoisotopic (exact) mass is 296 g/mol. The molecule has 1 aromatic carbocycles. The molecule has 1 aromatic heterocycles. The smallest absolute Gasteiger partial charge is 0.167 e. The molecule has 0 spiro atoms. The first-order chi connectivity index (χ1) is 10.4. The molecule has 0 saturated heterocycles. The SMILES string of the molecule is CC(C)Cc1nn(-c2ccccc2)c2c1C(=O)CC(C)(C)C2. The average molecular weight is 296 g/mol. The maximum absolute atomic E-state index is 12.7. The van der Waals surface area contributed by atoms with Gasteiger partial charge in [0.15, 0.2) is 5.78 Å². The fraction of sp³-hybridized carbons (Fsp3) is 0.474. The molecule has 0 fully saturated rings. The summed E-state index contributed by atoms with van der Waals surface area (Å²) in [5, 5.41) is 4.81. The summed E-state index contributed by atoms with van der Waals surface area (Å²) in [5.74, 6) is 0.745. The van der Waals surface area contributed by atoms with E-state index in [1.165, 1.54) is 0 Å². The number of nitrogens with zero attached hydrogens (tertiary/aromatic N) is 2. The summed E-state index contributed by atoms with van der Waals surface area (Å²) < 4.78 is 1.99. The van der Waals surface area contributed by atoms with Crippen molar-refractivity contribution in [2.75, 3.05) is 0 Å². The van der Waals surface area contributed by atoms with Crippen LogP contribution in [0.25, 0.3) is 5.69 Å². The van der Waals surface area contributed by atoms with Crippen LogP contribution in [0, 0.1) is 11.3 Å². The minimum Gasteiger partial charge on any atom is -0.294 e. The molecule has 0 N–H and O–H groups in total. The molecule has 22 heavy (non-hydrogen) atoms. The van der Waals surface area contributed by atoms with Gasteiger partial charge in [-0.2, -0.15) is 5.10 Å². The standard InChI is InChI=1S/C19H24N2O/c1-13(2)10-15-18-16(11-19(3,4)12-17(18)22)21(20-15)14-8-6-5-7-9-14/h5-9,13H,10-12H2,1-4H3. The van der Waals surface area contributed by atoms with Crippen LogP contribution in [0.5, 0.6) is 0 Å². The highest BCUT2D eigenvalue weighted by Gasteiger charge is 2.36. The van der Waals surface area contributed by atoms with E-state index in [0.29, 0.717) is 12.3 Å². The van der Waals surface area contributed by atoms with Gasteiger partial charge in [0.05, 0.1) is 22.6 Å². The number of aromatic nitrogens is 2. The molecule has 0 aliphatic heterocycles. The van der Waals surface area contributed by atoms with Gasteiger partial charge < -0.3 is 0 Å². The van der Waals surface area contributed by atoms with Crippen LogP contribution in [-0.4, -0.2) is 15.6 Å². The molecule has 1 aliphatic carbocycles. The second-order valence-corrected chi connectivity index (χ2v) is 7.55. The van der Waals surface area contributed by atoms with Gasteiger partial charge in [0, 0.05) is 6.42 Å². The Morgan fingerprint density at radius 2 is 1.86 bits per heavy atom. The molecule has 116 valence electrons. The number of Topliss-reactive ketones (excluding diaryl/α,β-unsaturated/α-hetero) is 1. The lowest BCUT2D eigenvalue weighted by Gasteiger charge is -2.29. The van der Waals surface area contributed by atoms with Crippen LogP contribution in [-0.2, 0) is 12.8 Å². The van der Waals surface area contributed by atoms with Crippen molar-refractivity contribution in [2.45, 2.75) is 47.0 Å². The zero-order valence-electron chi connectivity index (χ0n) is 13.9. The molecule has 1 aliphatic rings. The van der Waals surface area contributed by atoms with E-state index in [-0.39, 0.29) is 11.2 Å². The molecule has 2 aromatic rings. The van der Waals surface area contributed by atoms with Gasteiger partial charge in [-0.05, 0) is 36.3 Å². The highest BCUT2D eigenvalue weighted by molar-refractivity contribution is 6.00. The largest absolute Gasteiger partial charge is 0.294 e. The summed E-state index contributed by atoms with van der Waals surface area (Å²) in [6.45, 7) is 8.67. The van der Waals surface area contributed by atoms with Gasteiger partial charge in [-0.25, -0.2) is 4.68 Å². The van der Waals surface area contributed by atoms with Crippen LogP contribution in [0.4, 0.5) is 0 Å². The van der Waals surface area contributed by atoms with E-state index in [4.69, 9.17) is 5.10 Å². The maximum atomic E-state index is 12.7. The van der Waals surface area contributed by atoms with Crippen molar-refractivity contribution in [3.63, 3.8) is 0 Å². The molecule has 3 nitrogen and oxygen atoms in total. The topological polar surface area (TPSA) is 34.9 Å². The van der Waals surface area contributed by atoms with Gasteiger partial charge in [0.1, 0.15) is 0 Å². The maximum Gasteiger partial charge on any atom is 0.167 e. The quantitative estimate of drug-likeness (QED) is 0.849. The number of fused-ring (bicyclic) bond motifs is 1. The molecule has 0 radical (unpaired) electrons. The lowest BCUT2D eigenvalue weighted by atomic mass is 9.75. The van der Waals surface area contributed by atoms with E-state index in [2.05, 4.69) is 39.8 Å². The molecule has 1 heterocycles. The van der Waals surface area contributed by atoms with Gasteiger partial charge in [-0.3, -0.25) is 4.79 Å². The second-order valence-electron chi connectivity index (χ2n) is 7.55. The Bertz CT molecular complexity index is 696. The van der Waals surface area contributed by atoms with Crippen molar-refractivity contribution in [3.05, 3.63) is 47.3 Å². The number of carbonyl (C=O) groups excluding carboxylic acids is 1. The molecule has 0 atom stereocenters. The first-order valence-corrected chi connectivity index (χ1v) is 8.07. The highest BCUT2D eigenvalue weighted by Crippen LogP contribution is 2.37. The minimum absolute atomic E-state index is 0.00570. The van der Waals surface area contributed by atoms with Crippen molar-refractivity contribution >= 4 is 5.78 Å². The Morgan fingerprint density at radius 1 is 1.18 bits per heavy atom. The Balaban J connectivity index is 2.18. The van der Waals surface area contributed by atoms with Crippen LogP contribution < -0.4 is 0 Å². The van der Waals surface area contributed by atoms with Gasteiger partial charge in [-0.1, -0.05) is 45.9 Å². The van der Waals surface area contributed by atoms with Crippen LogP contribution in [0.15, 0.2) is 30.3 Å². The zero-order valence-corrected chi connectivity index (χ0v) is 13.9. The van der Waals surface area contributed by atoms with Crippen LogP contribution in [0.2, 0.25) is 0 Å². The van der Waals surface area contributed by atoms with Gasteiger partial charge >= 0.3 is 0 Å². The summed E-state index contributed by atoms with van der Waals surface area (Å²) in [5.41, 5.74) is 3.99. The first-order valence-electron chi connectivity index (χ1n) is 8.07. The predicted octanol–water partition coefficient (Wildman–Crippen LogP) is 4.23. The third-order valence-corrected chi connectivity index (χ3v) is 4.22. The highest BCUT2D eigenvalue weighted by atomic mass is 16.1. The fourth-order valence-electron chi connectivity index (χ4n) is 3.34. The Labute approximate surface area is 132 Å². The number of para-hydroxylation sites is 1. The molecule has 0 bridgehead atoms.